The zero-order valence-corrected chi connectivity index (χ0v) is 13.1. The van der Waals surface area contributed by atoms with Crippen molar-refractivity contribution in [1.82, 2.24) is 4.31 Å². The highest BCUT2D eigenvalue weighted by Crippen LogP contribution is 2.22. The molecule has 0 amide bonds. The fourth-order valence-corrected chi connectivity index (χ4v) is 3.42. The lowest BCUT2D eigenvalue weighted by molar-refractivity contribution is 0.177. The molecule has 1 N–H and O–H groups in total. The molecule has 1 atom stereocenters. The molecule has 1 rings (SSSR count). The molecular weight excluding hydrogens is 318 g/mol. The number of aryl methyl sites for hydroxylation is 1. The molecule has 1 aromatic rings. The van der Waals surface area contributed by atoms with E-state index >= 15 is 0 Å². The summed E-state index contributed by atoms with van der Waals surface area (Å²) in [7, 11) is -1.95. The normalized spacial score (nSPS) is 13.9. The van der Waals surface area contributed by atoms with Gasteiger partial charge in [-0.3, -0.25) is 0 Å². The van der Waals surface area contributed by atoms with Crippen molar-refractivity contribution in [1.29, 1.82) is 0 Å². The number of sulfonamides is 1. The molecule has 0 aliphatic heterocycles. The van der Waals surface area contributed by atoms with Crippen LogP contribution in [0, 0.1) is 6.92 Å². The lowest BCUT2D eigenvalue weighted by atomic mass is 10.2. The molecule has 4 nitrogen and oxygen atoms in total. The molecule has 0 saturated carbocycles. The summed E-state index contributed by atoms with van der Waals surface area (Å²) in [5.41, 5.74) is 0.702. The molecule has 1 aromatic carbocycles. The molecule has 0 saturated heterocycles. The van der Waals surface area contributed by atoms with Crippen molar-refractivity contribution in [2.24, 2.45) is 0 Å². The number of aliphatic hydroxyl groups excluding tert-OH is 1. The molecule has 0 aromatic heterocycles. The third-order valence-electron chi connectivity index (χ3n) is 2.69. The summed E-state index contributed by atoms with van der Waals surface area (Å²) in [6.45, 7) is 3.71. The minimum Gasteiger partial charge on any atom is -0.393 e. The Morgan fingerprint density at radius 3 is 2.56 bits per heavy atom. The van der Waals surface area contributed by atoms with E-state index in [0.717, 1.165) is 4.47 Å². The smallest absolute Gasteiger partial charge is 0.243 e. The fraction of sp³-hybridized carbons (Fsp3) is 0.500. The zero-order valence-electron chi connectivity index (χ0n) is 10.7. The van der Waals surface area contributed by atoms with Crippen molar-refractivity contribution in [3.8, 4) is 0 Å². The van der Waals surface area contributed by atoms with Gasteiger partial charge in [0.2, 0.25) is 10.0 Å². The van der Waals surface area contributed by atoms with Crippen molar-refractivity contribution in [2.75, 3.05) is 13.6 Å². The first-order valence-corrected chi connectivity index (χ1v) is 7.89. The molecule has 0 bridgehead atoms. The van der Waals surface area contributed by atoms with Crippen molar-refractivity contribution < 1.29 is 13.5 Å². The molecule has 6 heteroatoms. The maximum atomic E-state index is 12.3. The summed E-state index contributed by atoms with van der Waals surface area (Å²) < 4.78 is 26.7. The van der Waals surface area contributed by atoms with Crippen LogP contribution in [0.2, 0.25) is 0 Å². The average Bonchev–Trinajstić information content (AvgIpc) is 2.24. The summed E-state index contributed by atoms with van der Waals surface area (Å²) >= 11 is 3.31. The molecule has 0 heterocycles. The first-order valence-electron chi connectivity index (χ1n) is 5.65. The van der Waals surface area contributed by atoms with Crippen molar-refractivity contribution in [3.63, 3.8) is 0 Å². The zero-order chi connectivity index (χ0) is 13.9. The van der Waals surface area contributed by atoms with E-state index in [2.05, 4.69) is 15.9 Å². The SMILES string of the molecule is Cc1cc(Br)ccc1S(=O)(=O)N(C)CC[C@H](C)O. The van der Waals surface area contributed by atoms with Gasteiger partial charge >= 0.3 is 0 Å². The van der Waals surface area contributed by atoms with E-state index in [-0.39, 0.29) is 0 Å². The van der Waals surface area contributed by atoms with Gasteiger partial charge in [0.1, 0.15) is 0 Å². The minimum absolute atomic E-state index is 0.301. The largest absolute Gasteiger partial charge is 0.393 e. The third kappa shape index (κ3) is 3.78. The quantitative estimate of drug-likeness (QED) is 0.896. The summed E-state index contributed by atoms with van der Waals surface area (Å²) in [5, 5.41) is 9.20. The summed E-state index contributed by atoms with van der Waals surface area (Å²) in [5.74, 6) is 0. The summed E-state index contributed by atoms with van der Waals surface area (Å²) in [6.07, 6.45) is -0.0839. The van der Waals surface area contributed by atoms with Crippen LogP contribution >= 0.6 is 15.9 Å². The van der Waals surface area contributed by atoms with Gasteiger partial charge in [-0.25, -0.2) is 12.7 Å². The van der Waals surface area contributed by atoms with Gasteiger partial charge in [0.05, 0.1) is 11.0 Å². The van der Waals surface area contributed by atoms with Crippen LogP contribution in [0.3, 0.4) is 0 Å². The lowest BCUT2D eigenvalue weighted by Gasteiger charge is -2.19. The van der Waals surface area contributed by atoms with E-state index in [1.165, 1.54) is 11.4 Å². The van der Waals surface area contributed by atoms with Gasteiger partial charge in [-0.2, -0.15) is 0 Å². The van der Waals surface area contributed by atoms with Crippen LogP contribution in [0.25, 0.3) is 0 Å². The molecule has 0 aliphatic carbocycles. The number of aliphatic hydroxyl groups is 1. The number of halogens is 1. The minimum atomic E-state index is -3.48. The number of rotatable bonds is 5. The Hall–Kier alpha value is -0.430. The van der Waals surface area contributed by atoms with E-state index in [0.29, 0.717) is 23.4 Å². The van der Waals surface area contributed by atoms with Gasteiger partial charge in [-0.15, -0.1) is 0 Å². The second kappa shape index (κ2) is 6.14. The summed E-state index contributed by atoms with van der Waals surface area (Å²) in [6, 6.07) is 5.07. The molecular formula is C12H18BrNO3S. The van der Waals surface area contributed by atoms with Gasteiger partial charge in [0.25, 0.3) is 0 Å². The van der Waals surface area contributed by atoms with Crippen LogP contribution in [0.5, 0.6) is 0 Å². The van der Waals surface area contributed by atoms with Crippen LogP contribution in [0.4, 0.5) is 0 Å². The number of hydrogen-bond donors (Lipinski definition) is 1. The van der Waals surface area contributed by atoms with E-state index < -0.39 is 16.1 Å². The topological polar surface area (TPSA) is 57.6 Å². The molecule has 102 valence electrons. The highest BCUT2D eigenvalue weighted by Gasteiger charge is 2.22. The predicted molar refractivity (Wildman–Crippen MR) is 75.0 cm³/mol. The molecule has 18 heavy (non-hydrogen) atoms. The Bertz CT molecular complexity index is 514. The molecule has 0 unspecified atom stereocenters. The Kier molecular flexibility index (Phi) is 5.33. The predicted octanol–water partition coefficient (Wildman–Crippen LogP) is 2.15. The maximum absolute atomic E-state index is 12.3. The number of benzene rings is 1. The maximum Gasteiger partial charge on any atom is 0.243 e. The molecule has 0 fully saturated rings. The Labute approximate surface area is 117 Å². The van der Waals surface area contributed by atoms with Crippen LogP contribution in [0.15, 0.2) is 27.6 Å². The van der Waals surface area contributed by atoms with E-state index in [1.54, 1.807) is 32.0 Å². The summed E-state index contributed by atoms with van der Waals surface area (Å²) in [4.78, 5) is 0.304. The van der Waals surface area contributed by atoms with Crippen LogP contribution < -0.4 is 0 Å². The Morgan fingerprint density at radius 1 is 1.44 bits per heavy atom. The third-order valence-corrected chi connectivity index (χ3v) is 5.20. The molecule has 0 aliphatic rings. The average molecular weight is 336 g/mol. The van der Waals surface area contributed by atoms with E-state index in [1.807, 2.05) is 0 Å². The van der Waals surface area contributed by atoms with Crippen molar-refractivity contribution in [2.45, 2.75) is 31.3 Å². The molecule has 0 spiro atoms. The lowest BCUT2D eigenvalue weighted by Crippen LogP contribution is -2.30. The van der Waals surface area contributed by atoms with E-state index in [9.17, 15) is 13.5 Å². The first kappa shape index (κ1) is 15.6. The van der Waals surface area contributed by atoms with Crippen LogP contribution in [-0.2, 0) is 10.0 Å². The first-order chi connectivity index (χ1) is 8.25. The molecule has 0 radical (unpaired) electrons. The van der Waals surface area contributed by atoms with Gasteiger partial charge in [0.15, 0.2) is 0 Å². The highest BCUT2D eigenvalue weighted by atomic mass is 79.9. The highest BCUT2D eigenvalue weighted by molar-refractivity contribution is 9.10. The standard InChI is InChI=1S/C12H18BrNO3S/c1-9-8-11(13)4-5-12(9)18(16,17)14(3)7-6-10(2)15/h4-5,8,10,15H,6-7H2,1-3H3/t10-/m0/s1. The van der Waals surface area contributed by atoms with Gasteiger partial charge in [-0.05, 0) is 44.0 Å². The van der Waals surface area contributed by atoms with Crippen LogP contribution in [-0.4, -0.2) is 37.5 Å². The van der Waals surface area contributed by atoms with Gasteiger partial charge in [0, 0.05) is 18.1 Å². The Balaban J connectivity index is 2.98. The van der Waals surface area contributed by atoms with Crippen molar-refractivity contribution in [3.05, 3.63) is 28.2 Å². The van der Waals surface area contributed by atoms with Gasteiger partial charge in [-0.1, -0.05) is 15.9 Å². The fourth-order valence-electron chi connectivity index (χ4n) is 1.56. The van der Waals surface area contributed by atoms with Crippen molar-refractivity contribution >= 4 is 26.0 Å². The van der Waals surface area contributed by atoms with Crippen LogP contribution in [0.1, 0.15) is 18.9 Å². The number of nitrogens with zero attached hydrogens (tertiary/aromatic N) is 1. The second-order valence-corrected chi connectivity index (χ2v) is 7.30. The second-order valence-electron chi connectivity index (χ2n) is 4.37. The van der Waals surface area contributed by atoms with E-state index in [4.69, 9.17) is 0 Å². The van der Waals surface area contributed by atoms with Gasteiger partial charge < -0.3 is 5.11 Å². The Morgan fingerprint density at radius 2 is 2.06 bits per heavy atom. The monoisotopic (exact) mass is 335 g/mol. The number of hydrogen-bond acceptors (Lipinski definition) is 3.